The third-order valence-corrected chi connectivity index (χ3v) is 6.24. The Morgan fingerprint density at radius 2 is 1.71 bits per heavy atom. The van der Waals surface area contributed by atoms with Crippen LogP contribution in [0.4, 0.5) is 0 Å². The lowest BCUT2D eigenvalue weighted by Crippen LogP contribution is -2.51. The molecule has 0 bridgehead atoms. The molecule has 0 heterocycles. The first-order chi connectivity index (χ1) is 16.9. The Balaban J connectivity index is 1.90. The van der Waals surface area contributed by atoms with Crippen molar-refractivity contribution >= 4 is 27.7 Å². The minimum atomic E-state index is -0.668. The van der Waals surface area contributed by atoms with Crippen molar-refractivity contribution in [2.75, 3.05) is 13.2 Å². The number of nitrogens with one attached hydrogen (secondary N) is 1. The zero-order chi connectivity index (χ0) is 25.2. The number of halogens is 1. The average Bonchev–Trinajstić information content (AvgIpc) is 2.84. The number of hydrogen-bond acceptors (Lipinski definition) is 3. The van der Waals surface area contributed by atoms with E-state index in [1.54, 1.807) is 4.90 Å². The summed E-state index contributed by atoms with van der Waals surface area (Å²) in [6.45, 7) is 6.69. The molecule has 3 aromatic carbocycles. The maximum atomic E-state index is 13.6. The first kappa shape index (κ1) is 26.5. The molecule has 3 aromatic rings. The van der Waals surface area contributed by atoms with Gasteiger partial charge in [-0.05, 0) is 55.2 Å². The molecule has 5 nitrogen and oxygen atoms in total. The first-order valence-electron chi connectivity index (χ1n) is 11.9. The highest BCUT2D eigenvalue weighted by Crippen LogP contribution is 2.21. The summed E-state index contributed by atoms with van der Waals surface area (Å²) in [6.07, 6.45) is 1.23. The van der Waals surface area contributed by atoms with Gasteiger partial charge in [-0.2, -0.15) is 0 Å². The van der Waals surface area contributed by atoms with E-state index >= 15 is 0 Å². The summed E-state index contributed by atoms with van der Waals surface area (Å²) >= 11 is 3.51. The zero-order valence-electron chi connectivity index (χ0n) is 20.6. The van der Waals surface area contributed by atoms with Gasteiger partial charge in [-0.25, -0.2) is 0 Å². The predicted octanol–water partition coefficient (Wildman–Crippen LogP) is 5.61. The Morgan fingerprint density at radius 1 is 0.971 bits per heavy atom. The second-order valence-electron chi connectivity index (χ2n) is 8.71. The van der Waals surface area contributed by atoms with E-state index in [1.165, 1.54) is 0 Å². The quantitative estimate of drug-likeness (QED) is 0.346. The highest BCUT2D eigenvalue weighted by Gasteiger charge is 2.30. The number of rotatable bonds is 11. The number of ether oxygens (including phenoxy) is 1. The molecule has 0 fully saturated rings. The van der Waals surface area contributed by atoms with Crippen LogP contribution >= 0.6 is 15.9 Å². The summed E-state index contributed by atoms with van der Waals surface area (Å²) in [5.41, 5.74) is 4.03. The minimum Gasteiger partial charge on any atom is -0.483 e. The second kappa shape index (κ2) is 13.1. The first-order valence-corrected chi connectivity index (χ1v) is 12.7. The predicted molar refractivity (Wildman–Crippen MR) is 143 cm³/mol. The maximum absolute atomic E-state index is 13.6. The van der Waals surface area contributed by atoms with Crippen LogP contribution in [0.25, 0.3) is 0 Å². The van der Waals surface area contributed by atoms with Crippen LogP contribution in [0, 0.1) is 13.8 Å². The van der Waals surface area contributed by atoms with Crippen LogP contribution in [0.2, 0.25) is 0 Å². The van der Waals surface area contributed by atoms with Gasteiger partial charge in [0.05, 0.1) is 0 Å². The highest BCUT2D eigenvalue weighted by atomic mass is 79.9. The van der Waals surface area contributed by atoms with Gasteiger partial charge in [-0.1, -0.05) is 83.0 Å². The standard InChI is InChI=1S/C29H33BrN2O3/c1-4-15-31-29(34)26(18-23-9-6-5-7-10-23)32(19-24-11-8-12-25(30)17-24)28(33)20-35-27-14-13-21(2)16-22(27)3/h5-14,16-17,26H,4,15,18-20H2,1-3H3,(H,31,34). The van der Waals surface area contributed by atoms with Crippen molar-refractivity contribution in [1.29, 1.82) is 0 Å². The SMILES string of the molecule is CCCNC(=O)C(Cc1ccccc1)N(Cc1cccc(Br)c1)C(=O)COc1ccc(C)cc1C. The summed E-state index contributed by atoms with van der Waals surface area (Å²) < 4.78 is 6.85. The molecule has 35 heavy (non-hydrogen) atoms. The van der Waals surface area contributed by atoms with Crippen molar-refractivity contribution in [3.8, 4) is 5.75 Å². The monoisotopic (exact) mass is 536 g/mol. The molecule has 0 saturated carbocycles. The number of hydrogen-bond donors (Lipinski definition) is 1. The van der Waals surface area contributed by atoms with Crippen molar-refractivity contribution in [1.82, 2.24) is 10.2 Å². The van der Waals surface area contributed by atoms with Crippen molar-refractivity contribution in [2.24, 2.45) is 0 Å². The third kappa shape index (κ3) is 7.96. The van der Waals surface area contributed by atoms with Gasteiger partial charge < -0.3 is 15.0 Å². The van der Waals surface area contributed by atoms with Crippen LogP contribution in [-0.2, 0) is 22.6 Å². The lowest BCUT2D eigenvalue weighted by atomic mass is 10.0. The van der Waals surface area contributed by atoms with Crippen LogP contribution < -0.4 is 10.1 Å². The van der Waals surface area contributed by atoms with E-state index in [4.69, 9.17) is 4.74 Å². The van der Waals surface area contributed by atoms with Crippen molar-refractivity contribution in [3.63, 3.8) is 0 Å². The van der Waals surface area contributed by atoms with Crippen LogP contribution in [0.3, 0.4) is 0 Å². The fraction of sp³-hybridized carbons (Fsp3) is 0.310. The molecule has 0 aromatic heterocycles. The number of carbonyl (C=O) groups excluding carboxylic acids is 2. The molecule has 1 atom stereocenters. The minimum absolute atomic E-state index is 0.149. The smallest absolute Gasteiger partial charge is 0.261 e. The van der Waals surface area contributed by atoms with Crippen molar-refractivity contribution in [2.45, 2.75) is 46.2 Å². The molecule has 184 valence electrons. The molecular weight excluding hydrogens is 504 g/mol. The van der Waals surface area contributed by atoms with Gasteiger partial charge in [0.2, 0.25) is 5.91 Å². The van der Waals surface area contributed by atoms with Gasteiger partial charge in [0.15, 0.2) is 6.61 Å². The van der Waals surface area contributed by atoms with Gasteiger partial charge in [-0.3, -0.25) is 9.59 Å². The van der Waals surface area contributed by atoms with Crippen LogP contribution in [0.5, 0.6) is 5.75 Å². The summed E-state index contributed by atoms with van der Waals surface area (Å²) in [4.78, 5) is 28.6. The van der Waals surface area contributed by atoms with Crippen LogP contribution in [0.1, 0.15) is 35.6 Å². The fourth-order valence-electron chi connectivity index (χ4n) is 3.94. The Labute approximate surface area is 216 Å². The zero-order valence-corrected chi connectivity index (χ0v) is 22.2. The molecule has 3 rings (SSSR count). The fourth-order valence-corrected chi connectivity index (χ4v) is 4.38. The molecule has 6 heteroatoms. The molecule has 2 amide bonds. The van der Waals surface area contributed by atoms with Gasteiger partial charge >= 0.3 is 0 Å². The van der Waals surface area contributed by atoms with Crippen molar-refractivity contribution in [3.05, 3.63) is 99.5 Å². The largest absolute Gasteiger partial charge is 0.483 e. The summed E-state index contributed by atoms with van der Waals surface area (Å²) in [6, 6.07) is 22.8. The summed E-state index contributed by atoms with van der Waals surface area (Å²) in [5, 5.41) is 2.99. The van der Waals surface area contributed by atoms with Gasteiger partial charge in [-0.15, -0.1) is 0 Å². The molecule has 0 spiro atoms. The van der Waals surface area contributed by atoms with E-state index in [2.05, 4.69) is 21.2 Å². The normalized spacial score (nSPS) is 11.5. The summed E-state index contributed by atoms with van der Waals surface area (Å²) in [7, 11) is 0. The van der Waals surface area contributed by atoms with E-state index < -0.39 is 6.04 Å². The number of carbonyl (C=O) groups is 2. The Morgan fingerprint density at radius 3 is 2.40 bits per heavy atom. The number of aryl methyl sites for hydroxylation is 2. The van der Waals surface area contributed by atoms with Gasteiger partial charge in [0, 0.05) is 24.0 Å². The lowest BCUT2D eigenvalue weighted by molar-refractivity contribution is -0.142. The molecule has 0 aliphatic heterocycles. The number of amides is 2. The van der Waals surface area contributed by atoms with E-state index in [0.717, 1.165) is 33.1 Å². The Kier molecular flexibility index (Phi) is 9.91. The maximum Gasteiger partial charge on any atom is 0.261 e. The molecule has 0 saturated heterocycles. The molecule has 0 aliphatic rings. The van der Waals surface area contributed by atoms with Crippen LogP contribution in [0.15, 0.2) is 77.3 Å². The van der Waals surface area contributed by atoms with Gasteiger partial charge in [0.25, 0.3) is 5.91 Å². The van der Waals surface area contributed by atoms with E-state index in [0.29, 0.717) is 25.3 Å². The average molecular weight is 537 g/mol. The third-order valence-electron chi connectivity index (χ3n) is 5.74. The second-order valence-corrected chi connectivity index (χ2v) is 9.62. The lowest BCUT2D eigenvalue weighted by Gasteiger charge is -2.31. The number of benzene rings is 3. The Hall–Kier alpha value is -3.12. The van der Waals surface area contributed by atoms with Gasteiger partial charge in [0.1, 0.15) is 11.8 Å². The number of nitrogens with zero attached hydrogens (tertiary/aromatic N) is 1. The molecular formula is C29H33BrN2O3. The Bertz CT molecular complexity index is 1130. The van der Waals surface area contributed by atoms with E-state index in [1.807, 2.05) is 93.6 Å². The molecule has 0 aliphatic carbocycles. The highest BCUT2D eigenvalue weighted by molar-refractivity contribution is 9.10. The van der Waals surface area contributed by atoms with Crippen LogP contribution in [-0.4, -0.2) is 35.9 Å². The topological polar surface area (TPSA) is 58.6 Å². The van der Waals surface area contributed by atoms with Crippen molar-refractivity contribution < 1.29 is 14.3 Å². The molecule has 1 N–H and O–H groups in total. The molecule has 0 radical (unpaired) electrons. The van der Waals surface area contributed by atoms with E-state index in [9.17, 15) is 9.59 Å². The summed E-state index contributed by atoms with van der Waals surface area (Å²) in [5.74, 6) is 0.268. The van der Waals surface area contributed by atoms with E-state index in [-0.39, 0.29) is 18.4 Å². The molecule has 1 unspecified atom stereocenters.